The van der Waals surface area contributed by atoms with Crippen molar-refractivity contribution in [3.05, 3.63) is 59.3 Å². The molecule has 124 valence electrons. The van der Waals surface area contributed by atoms with Crippen LogP contribution in [-0.4, -0.2) is 22.8 Å². The number of nitrogens with zero attached hydrogens (tertiary/aromatic N) is 2. The second-order valence-corrected chi connectivity index (χ2v) is 7.00. The molecular weight excluding hydrogens is 338 g/mol. The molecule has 1 aromatic heterocycles. The summed E-state index contributed by atoms with van der Waals surface area (Å²) in [5, 5.41) is 5.38. The number of aliphatic imine (C=N–C) groups is 1. The van der Waals surface area contributed by atoms with E-state index in [9.17, 15) is 0 Å². The van der Waals surface area contributed by atoms with E-state index in [1.54, 1.807) is 23.5 Å². The third-order valence-electron chi connectivity index (χ3n) is 3.34. The molecule has 0 fully saturated rings. The molecular formula is C18H19N3OS2. The molecule has 0 amide bonds. The third-order valence-corrected chi connectivity index (χ3v) is 5.00. The SMILES string of the molecule is CSc1cnc(/N=C2\CSC=C(C)N2)c(OCc2ccccc2)c1. The molecule has 0 aliphatic carbocycles. The summed E-state index contributed by atoms with van der Waals surface area (Å²) in [5.74, 6) is 3.02. The Morgan fingerprint density at radius 1 is 1.33 bits per heavy atom. The maximum absolute atomic E-state index is 6.00. The fraction of sp³-hybridized carbons (Fsp3) is 0.222. The lowest BCUT2D eigenvalue weighted by Crippen LogP contribution is -2.26. The number of allylic oxidation sites excluding steroid dienone is 1. The molecule has 1 aliphatic rings. The van der Waals surface area contributed by atoms with Gasteiger partial charge in [-0.05, 0) is 30.2 Å². The number of hydrogen-bond acceptors (Lipinski definition) is 5. The van der Waals surface area contributed by atoms with Crippen molar-refractivity contribution in [1.82, 2.24) is 10.3 Å². The van der Waals surface area contributed by atoms with E-state index in [2.05, 4.69) is 20.7 Å². The van der Waals surface area contributed by atoms with Gasteiger partial charge in [0.25, 0.3) is 0 Å². The van der Waals surface area contributed by atoms with Crippen molar-refractivity contribution in [2.45, 2.75) is 18.4 Å². The van der Waals surface area contributed by atoms with Gasteiger partial charge in [0.15, 0.2) is 11.6 Å². The van der Waals surface area contributed by atoms with Gasteiger partial charge in [-0.1, -0.05) is 30.3 Å². The second kappa shape index (κ2) is 8.26. The molecule has 6 heteroatoms. The first-order valence-electron chi connectivity index (χ1n) is 7.58. The number of hydrogen-bond donors (Lipinski definition) is 1. The van der Waals surface area contributed by atoms with Gasteiger partial charge in [0, 0.05) is 16.8 Å². The maximum atomic E-state index is 6.00. The van der Waals surface area contributed by atoms with Crippen molar-refractivity contribution in [3.8, 4) is 5.75 Å². The highest BCUT2D eigenvalue weighted by Gasteiger charge is 2.11. The molecule has 2 heterocycles. The largest absolute Gasteiger partial charge is 0.485 e. The zero-order valence-corrected chi connectivity index (χ0v) is 15.3. The van der Waals surface area contributed by atoms with E-state index in [0.29, 0.717) is 18.2 Å². The summed E-state index contributed by atoms with van der Waals surface area (Å²) in [6.07, 6.45) is 3.86. The molecule has 0 unspecified atom stereocenters. The molecule has 0 saturated carbocycles. The van der Waals surface area contributed by atoms with E-state index in [0.717, 1.165) is 27.7 Å². The Morgan fingerprint density at radius 3 is 2.92 bits per heavy atom. The Balaban J connectivity index is 1.83. The fourth-order valence-electron chi connectivity index (χ4n) is 2.18. The topological polar surface area (TPSA) is 46.5 Å². The quantitative estimate of drug-likeness (QED) is 0.792. The van der Waals surface area contributed by atoms with E-state index < -0.39 is 0 Å². The van der Waals surface area contributed by atoms with E-state index in [1.165, 1.54) is 0 Å². The van der Waals surface area contributed by atoms with E-state index in [1.807, 2.05) is 55.8 Å². The molecule has 0 spiro atoms. The molecule has 0 saturated heterocycles. The number of benzene rings is 1. The van der Waals surface area contributed by atoms with Gasteiger partial charge < -0.3 is 10.1 Å². The highest BCUT2D eigenvalue weighted by molar-refractivity contribution is 8.02. The average Bonchev–Trinajstić information content (AvgIpc) is 2.62. The van der Waals surface area contributed by atoms with Crippen LogP contribution in [0.1, 0.15) is 12.5 Å². The van der Waals surface area contributed by atoms with Gasteiger partial charge in [0.1, 0.15) is 12.4 Å². The van der Waals surface area contributed by atoms with Crippen molar-refractivity contribution in [3.63, 3.8) is 0 Å². The Labute approximate surface area is 150 Å². The number of nitrogens with one attached hydrogen (secondary N) is 1. The predicted octanol–water partition coefficient (Wildman–Crippen LogP) is 4.61. The number of thioether (sulfide) groups is 2. The van der Waals surface area contributed by atoms with Crippen LogP contribution in [0.5, 0.6) is 5.75 Å². The van der Waals surface area contributed by atoms with Crippen molar-refractivity contribution < 1.29 is 4.74 Å². The summed E-state index contributed by atoms with van der Waals surface area (Å²) >= 11 is 3.37. The molecule has 1 aliphatic heterocycles. The minimum Gasteiger partial charge on any atom is -0.485 e. The van der Waals surface area contributed by atoms with Gasteiger partial charge >= 0.3 is 0 Å². The van der Waals surface area contributed by atoms with Crippen molar-refractivity contribution >= 4 is 35.2 Å². The van der Waals surface area contributed by atoms with Gasteiger partial charge in [-0.25, -0.2) is 9.98 Å². The average molecular weight is 358 g/mol. The molecule has 0 bridgehead atoms. The van der Waals surface area contributed by atoms with Crippen molar-refractivity contribution in [2.75, 3.05) is 12.0 Å². The van der Waals surface area contributed by atoms with Gasteiger partial charge in [0.05, 0.1) is 5.75 Å². The van der Waals surface area contributed by atoms with E-state index in [-0.39, 0.29) is 0 Å². The fourth-order valence-corrected chi connectivity index (χ4v) is 3.25. The third kappa shape index (κ3) is 4.55. The van der Waals surface area contributed by atoms with Crippen molar-refractivity contribution in [1.29, 1.82) is 0 Å². The van der Waals surface area contributed by atoms with Crippen LogP contribution in [0.3, 0.4) is 0 Å². The van der Waals surface area contributed by atoms with Gasteiger partial charge in [0.2, 0.25) is 0 Å². The molecule has 3 rings (SSSR count). The standard InChI is InChI=1S/C18H19N3OS2/c1-13-11-24-12-17(20-13)21-18-16(8-15(23-2)9-19-18)22-10-14-6-4-3-5-7-14/h3-9,11H,10,12H2,1-2H3,(H,19,20,21). The Morgan fingerprint density at radius 2 is 2.17 bits per heavy atom. The minimum atomic E-state index is 0.499. The van der Waals surface area contributed by atoms with Crippen LogP contribution in [0.2, 0.25) is 0 Å². The van der Waals surface area contributed by atoms with Crippen LogP contribution in [0.4, 0.5) is 5.82 Å². The Hall–Kier alpha value is -1.92. The lowest BCUT2D eigenvalue weighted by molar-refractivity contribution is 0.305. The summed E-state index contributed by atoms with van der Waals surface area (Å²) in [5.41, 5.74) is 2.22. The summed E-state index contributed by atoms with van der Waals surface area (Å²) in [4.78, 5) is 10.2. The normalized spacial score (nSPS) is 15.8. The van der Waals surface area contributed by atoms with E-state index in [4.69, 9.17) is 4.74 Å². The number of amidine groups is 1. The van der Waals surface area contributed by atoms with Crippen LogP contribution in [0.15, 0.2) is 63.6 Å². The number of ether oxygens (including phenoxy) is 1. The van der Waals surface area contributed by atoms with Crippen LogP contribution >= 0.6 is 23.5 Å². The summed E-state index contributed by atoms with van der Waals surface area (Å²) in [6, 6.07) is 12.1. The second-order valence-electron chi connectivity index (χ2n) is 5.27. The smallest absolute Gasteiger partial charge is 0.196 e. The summed E-state index contributed by atoms with van der Waals surface area (Å²) in [6.45, 7) is 2.53. The number of pyridine rings is 1. The van der Waals surface area contributed by atoms with Crippen LogP contribution in [-0.2, 0) is 6.61 Å². The van der Waals surface area contributed by atoms with Crippen LogP contribution in [0, 0.1) is 0 Å². The Bertz CT molecular complexity index is 760. The molecule has 0 atom stereocenters. The summed E-state index contributed by atoms with van der Waals surface area (Å²) in [7, 11) is 0. The van der Waals surface area contributed by atoms with Gasteiger partial charge in [-0.3, -0.25) is 0 Å². The predicted molar refractivity (Wildman–Crippen MR) is 103 cm³/mol. The number of aromatic nitrogens is 1. The minimum absolute atomic E-state index is 0.499. The lowest BCUT2D eigenvalue weighted by Gasteiger charge is -2.15. The molecule has 4 nitrogen and oxygen atoms in total. The lowest BCUT2D eigenvalue weighted by atomic mass is 10.2. The van der Waals surface area contributed by atoms with Crippen LogP contribution < -0.4 is 10.1 Å². The van der Waals surface area contributed by atoms with Gasteiger partial charge in [-0.15, -0.1) is 23.5 Å². The summed E-state index contributed by atoms with van der Waals surface area (Å²) < 4.78 is 6.00. The van der Waals surface area contributed by atoms with Crippen molar-refractivity contribution in [2.24, 2.45) is 4.99 Å². The monoisotopic (exact) mass is 357 g/mol. The molecule has 1 N–H and O–H groups in total. The zero-order valence-electron chi connectivity index (χ0n) is 13.7. The molecule has 24 heavy (non-hydrogen) atoms. The first-order chi connectivity index (χ1) is 11.7. The molecule has 0 radical (unpaired) electrons. The van der Waals surface area contributed by atoms with E-state index >= 15 is 0 Å². The first-order valence-corrected chi connectivity index (χ1v) is 9.85. The maximum Gasteiger partial charge on any atom is 0.196 e. The first kappa shape index (κ1) is 16.9. The Kier molecular flexibility index (Phi) is 5.82. The highest BCUT2D eigenvalue weighted by Crippen LogP contribution is 2.30. The molecule has 2 aromatic rings. The van der Waals surface area contributed by atoms with Gasteiger partial charge in [-0.2, -0.15) is 0 Å². The van der Waals surface area contributed by atoms with Crippen LogP contribution in [0.25, 0.3) is 0 Å². The highest BCUT2D eigenvalue weighted by atomic mass is 32.2. The number of rotatable bonds is 5. The zero-order chi connectivity index (χ0) is 16.8. The molecule has 1 aromatic carbocycles.